The molecule has 108 valence electrons. The van der Waals surface area contributed by atoms with Gasteiger partial charge in [-0.3, -0.25) is 0 Å². The van der Waals surface area contributed by atoms with Gasteiger partial charge in [0.25, 0.3) is 0 Å². The van der Waals surface area contributed by atoms with Crippen LogP contribution in [0.1, 0.15) is 39.2 Å². The van der Waals surface area contributed by atoms with E-state index in [2.05, 4.69) is 18.6 Å². The van der Waals surface area contributed by atoms with Crippen molar-refractivity contribution in [3.8, 4) is 0 Å². The van der Waals surface area contributed by atoms with Gasteiger partial charge in [-0.25, -0.2) is 13.1 Å². The van der Waals surface area contributed by atoms with E-state index in [-0.39, 0.29) is 10.9 Å². The molecule has 3 N–H and O–H groups in total. The number of sulfonamides is 1. The van der Waals surface area contributed by atoms with E-state index in [1.165, 1.54) is 6.07 Å². The van der Waals surface area contributed by atoms with Crippen molar-refractivity contribution in [2.75, 3.05) is 5.73 Å². The minimum atomic E-state index is -3.49. The van der Waals surface area contributed by atoms with Crippen molar-refractivity contribution in [3.63, 3.8) is 0 Å². The fourth-order valence-corrected chi connectivity index (χ4v) is 3.43. The van der Waals surface area contributed by atoms with Crippen molar-refractivity contribution in [2.45, 2.75) is 51.5 Å². The van der Waals surface area contributed by atoms with Crippen molar-refractivity contribution in [1.82, 2.24) is 4.72 Å². The standard InChI is InChI=1S/C14H24N2O2S/c1-10(2)5-7-12(4)16-19(17,18)14-9-13(15)8-6-11(14)3/h6,8-10,12,16H,5,7,15H2,1-4H3. The first-order valence-corrected chi connectivity index (χ1v) is 8.09. The summed E-state index contributed by atoms with van der Waals surface area (Å²) in [4.78, 5) is 0.267. The Morgan fingerprint density at radius 3 is 2.42 bits per heavy atom. The van der Waals surface area contributed by atoms with Crippen molar-refractivity contribution < 1.29 is 8.42 Å². The summed E-state index contributed by atoms with van der Waals surface area (Å²) in [7, 11) is -3.49. The SMILES string of the molecule is Cc1ccc(N)cc1S(=O)(=O)NC(C)CCC(C)C. The molecule has 1 rings (SSSR count). The van der Waals surface area contributed by atoms with E-state index in [0.29, 0.717) is 17.2 Å². The predicted octanol–water partition coefficient (Wildman–Crippen LogP) is 2.68. The van der Waals surface area contributed by atoms with Crippen molar-refractivity contribution in [1.29, 1.82) is 0 Å². The highest BCUT2D eigenvalue weighted by molar-refractivity contribution is 7.89. The molecule has 0 saturated carbocycles. The molecule has 0 saturated heterocycles. The van der Waals surface area contributed by atoms with Crippen LogP contribution in [0.25, 0.3) is 0 Å². The number of nitrogens with two attached hydrogens (primary N) is 1. The van der Waals surface area contributed by atoms with E-state index in [9.17, 15) is 8.42 Å². The number of nitrogens with one attached hydrogen (secondary N) is 1. The Labute approximate surface area is 116 Å². The Morgan fingerprint density at radius 1 is 1.21 bits per heavy atom. The van der Waals surface area contributed by atoms with E-state index in [0.717, 1.165) is 12.8 Å². The molecular weight excluding hydrogens is 260 g/mol. The molecule has 0 spiro atoms. The van der Waals surface area contributed by atoms with Gasteiger partial charge in [0.05, 0.1) is 4.90 Å². The van der Waals surface area contributed by atoms with Crippen LogP contribution in [0, 0.1) is 12.8 Å². The Hall–Kier alpha value is -1.07. The predicted molar refractivity (Wildman–Crippen MR) is 79.4 cm³/mol. The second kappa shape index (κ2) is 6.39. The number of rotatable bonds is 6. The molecule has 0 aliphatic heterocycles. The third-order valence-corrected chi connectivity index (χ3v) is 4.77. The molecular formula is C14H24N2O2S. The first-order valence-electron chi connectivity index (χ1n) is 6.61. The maximum atomic E-state index is 12.3. The Kier molecular flexibility index (Phi) is 5.38. The fraction of sp³-hybridized carbons (Fsp3) is 0.571. The topological polar surface area (TPSA) is 72.2 Å². The summed E-state index contributed by atoms with van der Waals surface area (Å²) >= 11 is 0. The van der Waals surface area contributed by atoms with Gasteiger partial charge in [-0.05, 0) is 50.3 Å². The lowest BCUT2D eigenvalue weighted by Gasteiger charge is -2.16. The molecule has 1 aromatic carbocycles. The summed E-state index contributed by atoms with van der Waals surface area (Å²) in [5.74, 6) is 0.570. The van der Waals surface area contributed by atoms with Crippen LogP contribution in [-0.4, -0.2) is 14.5 Å². The first-order chi connectivity index (χ1) is 8.72. The Morgan fingerprint density at radius 2 is 1.84 bits per heavy atom. The molecule has 0 heterocycles. The molecule has 0 aromatic heterocycles. The zero-order valence-corrected chi connectivity index (χ0v) is 12.9. The Balaban J connectivity index is 2.83. The van der Waals surface area contributed by atoms with Crippen molar-refractivity contribution in [3.05, 3.63) is 23.8 Å². The number of anilines is 1. The third-order valence-electron chi connectivity index (χ3n) is 3.04. The average molecular weight is 284 g/mol. The van der Waals surface area contributed by atoms with Gasteiger partial charge >= 0.3 is 0 Å². The summed E-state index contributed by atoms with van der Waals surface area (Å²) in [5.41, 5.74) is 6.83. The van der Waals surface area contributed by atoms with Gasteiger partial charge in [0.15, 0.2) is 0 Å². The molecule has 1 unspecified atom stereocenters. The van der Waals surface area contributed by atoms with Crippen LogP contribution in [-0.2, 0) is 10.0 Å². The molecule has 19 heavy (non-hydrogen) atoms. The van der Waals surface area contributed by atoms with E-state index in [1.54, 1.807) is 19.1 Å². The van der Waals surface area contributed by atoms with Gasteiger partial charge in [0.1, 0.15) is 0 Å². The van der Waals surface area contributed by atoms with Gasteiger partial charge < -0.3 is 5.73 Å². The van der Waals surface area contributed by atoms with E-state index in [1.807, 2.05) is 6.92 Å². The molecule has 0 radical (unpaired) electrons. The first kappa shape index (κ1) is 16.0. The zero-order chi connectivity index (χ0) is 14.6. The molecule has 0 amide bonds. The van der Waals surface area contributed by atoms with Crippen LogP contribution in [0.3, 0.4) is 0 Å². The fourth-order valence-electron chi connectivity index (χ4n) is 1.88. The summed E-state index contributed by atoms with van der Waals surface area (Å²) in [6.07, 6.45) is 1.83. The minimum Gasteiger partial charge on any atom is -0.399 e. The molecule has 0 fully saturated rings. The van der Waals surface area contributed by atoms with Gasteiger partial charge in [-0.15, -0.1) is 0 Å². The lowest BCUT2D eigenvalue weighted by molar-refractivity contribution is 0.485. The quantitative estimate of drug-likeness (QED) is 0.789. The summed E-state index contributed by atoms with van der Waals surface area (Å²) in [6, 6.07) is 4.86. The highest BCUT2D eigenvalue weighted by Crippen LogP contribution is 2.19. The normalized spacial score (nSPS) is 13.7. The van der Waals surface area contributed by atoms with Crippen LogP contribution in [0.4, 0.5) is 5.69 Å². The number of benzene rings is 1. The highest BCUT2D eigenvalue weighted by Gasteiger charge is 2.19. The highest BCUT2D eigenvalue weighted by atomic mass is 32.2. The molecule has 0 aliphatic carbocycles. The number of aryl methyl sites for hydroxylation is 1. The van der Waals surface area contributed by atoms with Gasteiger partial charge in [-0.2, -0.15) is 0 Å². The smallest absolute Gasteiger partial charge is 0.241 e. The lowest BCUT2D eigenvalue weighted by atomic mass is 10.1. The van der Waals surface area contributed by atoms with Gasteiger partial charge in [-0.1, -0.05) is 19.9 Å². The van der Waals surface area contributed by atoms with E-state index >= 15 is 0 Å². The summed E-state index contributed by atoms with van der Waals surface area (Å²) in [5, 5.41) is 0. The van der Waals surface area contributed by atoms with Gasteiger partial charge in [0, 0.05) is 11.7 Å². The number of hydrogen-bond acceptors (Lipinski definition) is 3. The van der Waals surface area contributed by atoms with E-state index < -0.39 is 10.0 Å². The van der Waals surface area contributed by atoms with E-state index in [4.69, 9.17) is 5.73 Å². The molecule has 0 bridgehead atoms. The Bertz CT molecular complexity index is 524. The second-order valence-corrected chi connectivity index (χ2v) is 7.20. The van der Waals surface area contributed by atoms with Crippen molar-refractivity contribution >= 4 is 15.7 Å². The minimum absolute atomic E-state index is 0.0757. The largest absolute Gasteiger partial charge is 0.399 e. The molecule has 1 atom stereocenters. The second-order valence-electron chi connectivity index (χ2n) is 5.52. The van der Waals surface area contributed by atoms with Crippen LogP contribution in [0.2, 0.25) is 0 Å². The summed E-state index contributed by atoms with van der Waals surface area (Å²) < 4.78 is 27.3. The monoisotopic (exact) mass is 284 g/mol. The van der Waals surface area contributed by atoms with Crippen LogP contribution in [0.15, 0.2) is 23.1 Å². The maximum absolute atomic E-state index is 12.3. The van der Waals surface area contributed by atoms with Crippen LogP contribution < -0.4 is 10.5 Å². The zero-order valence-electron chi connectivity index (χ0n) is 12.1. The van der Waals surface area contributed by atoms with Crippen LogP contribution >= 0.6 is 0 Å². The van der Waals surface area contributed by atoms with Crippen molar-refractivity contribution in [2.24, 2.45) is 5.92 Å². The third kappa shape index (κ3) is 4.84. The lowest BCUT2D eigenvalue weighted by Crippen LogP contribution is -2.33. The molecule has 1 aromatic rings. The summed E-state index contributed by atoms with van der Waals surface area (Å²) in [6.45, 7) is 7.92. The molecule has 0 aliphatic rings. The van der Waals surface area contributed by atoms with Crippen LogP contribution in [0.5, 0.6) is 0 Å². The maximum Gasteiger partial charge on any atom is 0.241 e. The number of nitrogen functional groups attached to an aromatic ring is 1. The molecule has 5 heteroatoms. The average Bonchev–Trinajstić information content (AvgIpc) is 2.29. The number of hydrogen-bond donors (Lipinski definition) is 2. The van der Waals surface area contributed by atoms with Gasteiger partial charge in [0.2, 0.25) is 10.0 Å². The molecule has 4 nitrogen and oxygen atoms in total.